The number of rotatable bonds is 3. The van der Waals surface area contributed by atoms with Gasteiger partial charge in [-0.3, -0.25) is 9.59 Å². The largest absolute Gasteiger partial charge is 0.480 e. The topological polar surface area (TPSA) is 70.0 Å². The van der Waals surface area contributed by atoms with Gasteiger partial charge in [-0.25, -0.2) is 5.01 Å². The molecular formula is C11H10N2O3. The van der Waals surface area contributed by atoms with E-state index >= 15 is 0 Å². The van der Waals surface area contributed by atoms with Crippen LogP contribution in [0.25, 0.3) is 0 Å². The first kappa shape index (κ1) is 10.4. The van der Waals surface area contributed by atoms with Crippen molar-refractivity contribution in [3.05, 3.63) is 35.9 Å². The normalized spacial score (nSPS) is 19.1. The maximum Gasteiger partial charge on any atom is 0.321 e. The van der Waals surface area contributed by atoms with E-state index in [0.29, 0.717) is 6.54 Å². The van der Waals surface area contributed by atoms with Crippen LogP contribution in [0, 0.1) is 5.92 Å². The van der Waals surface area contributed by atoms with Gasteiger partial charge in [-0.15, -0.1) is 0 Å². The van der Waals surface area contributed by atoms with Crippen LogP contribution in [0.15, 0.2) is 35.4 Å². The molecule has 5 heteroatoms. The number of carbonyl (C=O) groups excluding carboxylic acids is 1. The molecule has 1 aliphatic heterocycles. The first-order valence-electron chi connectivity index (χ1n) is 4.80. The Morgan fingerprint density at radius 1 is 1.38 bits per heavy atom. The molecule has 0 fully saturated rings. The van der Waals surface area contributed by atoms with Crippen LogP contribution in [0.1, 0.15) is 5.56 Å². The molecule has 0 saturated heterocycles. The molecule has 1 aromatic rings. The van der Waals surface area contributed by atoms with Gasteiger partial charge >= 0.3 is 5.97 Å². The molecule has 1 atom stereocenters. The van der Waals surface area contributed by atoms with Gasteiger partial charge in [-0.1, -0.05) is 30.3 Å². The molecule has 1 unspecified atom stereocenters. The minimum absolute atomic E-state index is 0.306. The summed E-state index contributed by atoms with van der Waals surface area (Å²) in [6.07, 6.45) is 1.16. The van der Waals surface area contributed by atoms with Crippen molar-refractivity contribution in [2.75, 3.05) is 0 Å². The lowest BCUT2D eigenvalue weighted by molar-refractivity contribution is -0.146. The second-order valence-corrected chi connectivity index (χ2v) is 3.46. The van der Waals surface area contributed by atoms with Crippen LogP contribution in [-0.2, 0) is 16.1 Å². The predicted octanol–water partition coefficient (Wildman–Crippen LogP) is 0.715. The predicted molar refractivity (Wildman–Crippen MR) is 56.6 cm³/mol. The monoisotopic (exact) mass is 218 g/mol. The minimum Gasteiger partial charge on any atom is -0.480 e. The summed E-state index contributed by atoms with van der Waals surface area (Å²) in [7, 11) is 0. The molecule has 0 aliphatic carbocycles. The van der Waals surface area contributed by atoms with Crippen LogP contribution < -0.4 is 0 Å². The van der Waals surface area contributed by atoms with Crippen LogP contribution >= 0.6 is 0 Å². The number of hydrogen-bond donors (Lipinski definition) is 1. The Hall–Kier alpha value is -2.17. The van der Waals surface area contributed by atoms with Gasteiger partial charge in [0.1, 0.15) is 0 Å². The molecule has 1 aromatic carbocycles. The summed E-state index contributed by atoms with van der Waals surface area (Å²) in [5.41, 5.74) is 0.916. The van der Waals surface area contributed by atoms with Crippen LogP contribution in [0.3, 0.4) is 0 Å². The standard InChI is InChI=1S/C11H10N2O3/c14-10-9(11(15)16)6-12-13(10)7-8-4-2-1-3-5-8/h1-6,9H,7H2,(H,15,16). The van der Waals surface area contributed by atoms with Crippen molar-refractivity contribution in [2.24, 2.45) is 11.0 Å². The Bertz CT molecular complexity index is 442. The maximum atomic E-state index is 11.6. The number of carboxylic acids is 1. The Kier molecular flexibility index (Phi) is 2.68. The Balaban J connectivity index is 2.07. The molecule has 0 aromatic heterocycles. The van der Waals surface area contributed by atoms with Gasteiger partial charge in [0.25, 0.3) is 5.91 Å². The lowest BCUT2D eigenvalue weighted by Gasteiger charge is -2.12. The van der Waals surface area contributed by atoms with Crippen LogP contribution in [0.5, 0.6) is 0 Å². The first-order valence-corrected chi connectivity index (χ1v) is 4.80. The van der Waals surface area contributed by atoms with Gasteiger partial charge in [0.2, 0.25) is 0 Å². The third kappa shape index (κ3) is 1.93. The van der Waals surface area contributed by atoms with Crippen molar-refractivity contribution >= 4 is 18.1 Å². The fraction of sp³-hybridized carbons (Fsp3) is 0.182. The number of nitrogens with zero attached hydrogens (tertiary/aromatic N) is 2. The number of amides is 1. The van der Waals surface area contributed by atoms with Crippen molar-refractivity contribution < 1.29 is 14.7 Å². The Labute approximate surface area is 92.0 Å². The van der Waals surface area contributed by atoms with E-state index in [2.05, 4.69) is 5.10 Å². The average Bonchev–Trinajstić information content (AvgIpc) is 2.62. The van der Waals surface area contributed by atoms with Gasteiger partial charge in [0.05, 0.1) is 6.54 Å². The van der Waals surface area contributed by atoms with Crippen molar-refractivity contribution in [3.8, 4) is 0 Å². The number of hydrazone groups is 1. The fourth-order valence-electron chi connectivity index (χ4n) is 1.47. The highest BCUT2D eigenvalue weighted by Crippen LogP contribution is 2.14. The molecule has 0 saturated carbocycles. The highest BCUT2D eigenvalue weighted by Gasteiger charge is 2.33. The highest BCUT2D eigenvalue weighted by molar-refractivity contribution is 6.12. The molecule has 1 aliphatic rings. The zero-order valence-electron chi connectivity index (χ0n) is 8.41. The van der Waals surface area contributed by atoms with Crippen molar-refractivity contribution in [3.63, 3.8) is 0 Å². The van der Waals surface area contributed by atoms with E-state index in [9.17, 15) is 9.59 Å². The molecule has 1 amide bonds. The molecule has 0 bridgehead atoms. The van der Waals surface area contributed by atoms with Gasteiger partial charge in [-0.2, -0.15) is 5.10 Å². The van der Waals surface area contributed by atoms with Crippen molar-refractivity contribution in [1.29, 1.82) is 0 Å². The second-order valence-electron chi connectivity index (χ2n) is 3.46. The van der Waals surface area contributed by atoms with Crippen LogP contribution in [-0.4, -0.2) is 28.2 Å². The summed E-state index contributed by atoms with van der Waals surface area (Å²) < 4.78 is 0. The zero-order valence-corrected chi connectivity index (χ0v) is 8.41. The molecule has 5 nitrogen and oxygen atoms in total. The number of carbonyl (C=O) groups is 2. The summed E-state index contributed by atoms with van der Waals surface area (Å²) in [5, 5.41) is 13.7. The summed E-state index contributed by atoms with van der Waals surface area (Å²) in [4.78, 5) is 22.2. The van der Waals surface area contributed by atoms with E-state index in [4.69, 9.17) is 5.11 Å². The lowest BCUT2D eigenvalue weighted by atomic mass is 10.1. The number of benzene rings is 1. The zero-order chi connectivity index (χ0) is 11.5. The summed E-state index contributed by atoms with van der Waals surface area (Å²) in [5.74, 6) is -2.79. The van der Waals surface area contributed by atoms with Gasteiger partial charge < -0.3 is 5.11 Å². The Morgan fingerprint density at radius 2 is 2.06 bits per heavy atom. The van der Waals surface area contributed by atoms with E-state index in [-0.39, 0.29) is 0 Å². The van der Waals surface area contributed by atoms with E-state index in [1.54, 1.807) is 0 Å². The molecule has 16 heavy (non-hydrogen) atoms. The first-order chi connectivity index (χ1) is 7.68. The minimum atomic E-state index is -1.16. The maximum absolute atomic E-state index is 11.6. The molecular weight excluding hydrogens is 208 g/mol. The van der Waals surface area contributed by atoms with Crippen LogP contribution in [0.2, 0.25) is 0 Å². The molecule has 1 N–H and O–H groups in total. The third-order valence-electron chi connectivity index (χ3n) is 2.32. The van der Waals surface area contributed by atoms with Gasteiger partial charge in [0, 0.05) is 6.21 Å². The summed E-state index contributed by atoms with van der Waals surface area (Å²) >= 11 is 0. The summed E-state index contributed by atoms with van der Waals surface area (Å²) in [6, 6.07) is 9.30. The SMILES string of the molecule is O=C(O)C1C=NN(Cc2ccccc2)C1=O. The third-order valence-corrected chi connectivity index (χ3v) is 2.32. The van der Waals surface area contributed by atoms with E-state index in [1.807, 2.05) is 30.3 Å². The highest BCUT2D eigenvalue weighted by atomic mass is 16.4. The molecule has 2 rings (SSSR count). The fourth-order valence-corrected chi connectivity index (χ4v) is 1.47. The molecule has 1 heterocycles. The van der Waals surface area contributed by atoms with E-state index in [0.717, 1.165) is 11.8 Å². The van der Waals surface area contributed by atoms with Crippen molar-refractivity contribution in [2.45, 2.75) is 6.54 Å². The molecule has 0 radical (unpaired) electrons. The second kappa shape index (κ2) is 4.14. The summed E-state index contributed by atoms with van der Waals surface area (Å²) in [6.45, 7) is 0.306. The number of hydrogen-bond acceptors (Lipinski definition) is 3. The Morgan fingerprint density at radius 3 is 2.62 bits per heavy atom. The number of carboxylic acid groups (broad SMARTS) is 1. The van der Waals surface area contributed by atoms with E-state index in [1.165, 1.54) is 5.01 Å². The van der Waals surface area contributed by atoms with Gasteiger partial charge in [-0.05, 0) is 5.56 Å². The number of aliphatic carboxylic acids is 1. The lowest BCUT2D eigenvalue weighted by Crippen LogP contribution is -2.30. The van der Waals surface area contributed by atoms with Gasteiger partial charge in [0.15, 0.2) is 5.92 Å². The average molecular weight is 218 g/mol. The molecule has 82 valence electrons. The smallest absolute Gasteiger partial charge is 0.321 e. The quantitative estimate of drug-likeness (QED) is 0.760. The molecule has 0 spiro atoms. The van der Waals surface area contributed by atoms with Crippen molar-refractivity contribution in [1.82, 2.24) is 5.01 Å². The van der Waals surface area contributed by atoms with Crippen LogP contribution in [0.4, 0.5) is 0 Å². The van der Waals surface area contributed by atoms with E-state index < -0.39 is 17.8 Å².